The normalized spacial score (nSPS) is 20.4. The van der Waals surface area contributed by atoms with Gasteiger partial charge in [0, 0.05) is 36.0 Å². The molecule has 27 heavy (non-hydrogen) atoms. The number of rotatable bonds is 5. The Balaban J connectivity index is 1.58. The number of hydrogen-bond acceptors (Lipinski definition) is 4. The number of alkyl halides is 2. The second-order valence-corrected chi connectivity index (χ2v) is 7.93. The first-order valence-corrected chi connectivity index (χ1v) is 9.65. The van der Waals surface area contributed by atoms with Gasteiger partial charge in [-0.2, -0.15) is 5.10 Å². The predicted molar refractivity (Wildman–Crippen MR) is 99.7 cm³/mol. The van der Waals surface area contributed by atoms with Crippen molar-refractivity contribution < 1.29 is 13.5 Å². The molecular weight excluding hydrogens is 350 g/mol. The van der Waals surface area contributed by atoms with E-state index in [1.807, 2.05) is 36.7 Å². The van der Waals surface area contributed by atoms with E-state index in [0.29, 0.717) is 32.1 Å². The van der Waals surface area contributed by atoms with Crippen molar-refractivity contribution in [3.63, 3.8) is 0 Å². The molecular formula is C20H26F2N4O. The molecule has 146 valence electrons. The standard InChI is InChI=1S/C20H26F2N4O/c1-13-7-14(2)26(25-13)19-10-17(23-18-11-27-12-18)9-16(24-19)8-15-3-5-20(21,22)6-4-15/h7,9-10,15,18H,3-6,8,11-12H2,1-2H3,(H,23,24). The lowest BCUT2D eigenvalue weighted by atomic mass is 9.84. The van der Waals surface area contributed by atoms with Crippen molar-refractivity contribution >= 4 is 5.69 Å². The van der Waals surface area contributed by atoms with Gasteiger partial charge < -0.3 is 10.1 Å². The first-order valence-electron chi connectivity index (χ1n) is 9.65. The lowest BCUT2D eigenvalue weighted by Gasteiger charge is -2.29. The van der Waals surface area contributed by atoms with Crippen LogP contribution in [0.2, 0.25) is 0 Å². The Labute approximate surface area is 158 Å². The molecule has 0 amide bonds. The van der Waals surface area contributed by atoms with Crippen LogP contribution in [0.15, 0.2) is 18.2 Å². The van der Waals surface area contributed by atoms with E-state index in [0.717, 1.165) is 35.0 Å². The minimum Gasteiger partial charge on any atom is -0.377 e. The average molecular weight is 376 g/mol. The smallest absolute Gasteiger partial charge is 0.248 e. The van der Waals surface area contributed by atoms with Crippen molar-refractivity contribution in [3.8, 4) is 5.82 Å². The Kier molecular flexibility index (Phi) is 4.88. The third-order valence-electron chi connectivity index (χ3n) is 5.43. The average Bonchev–Trinajstić information content (AvgIpc) is 2.91. The fourth-order valence-electron chi connectivity index (χ4n) is 3.88. The molecule has 1 saturated carbocycles. The molecule has 1 aliphatic carbocycles. The summed E-state index contributed by atoms with van der Waals surface area (Å²) < 4.78 is 34.0. The summed E-state index contributed by atoms with van der Waals surface area (Å²) in [6.45, 7) is 5.36. The predicted octanol–water partition coefficient (Wildman–Crippen LogP) is 4.06. The van der Waals surface area contributed by atoms with Gasteiger partial charge in [0.2, 0.25) is 5.92 Å². The van der Waals surface area contributed by atoms with Crippen molar-refractivity contribution in [2.75, 3.05) is 18.5 Å². The maximum Gasteiger partial charge on any atom is 0.248 e. The van der Waals surface area contributed by atoms with Crippen molar-refractivity contribution in [2.45, 2.75) is 57.9 Å². The van der Waals surface area contributed by atoms with E-state index in [2.05, 4.69) is 10.4 Å². The Morgan fingerprint density at radius 2 is 1.93 bits per heavy atom. The number of pyridine rings is 1. The third-order valence-corrected chi connectivity index (χ3v) is 5.43. The topological polar surface area (TPSA) is 52.0 Å². The molecule has 4 rings (SSSR count). The highest BCUT2D eigenvalue weighted by Gasteiger charge is 2.35. The fourth-order valence-corrected chi connectivity index (χ4v) is 3.88. The number of aryl methyl sites for hydroxylation is 2. The zero-order valence-electron chi connectivity index (χ0n) is 15.8. The number of aromatic nitrogens is 3. The molecule has 0 atom stereocenters. The molecule has 2 aromatic rings. The summed E-state index contributed by atoms with van der Waals surface area (Å²) in [5.74, 6) is -1.47. The highest BCUT2D eigenvalue weighted by atomic mass is 19.3. The molecule has 2 aromatic heterocycles. The van der Waals surface area contributed by atoms with Crippen molar-refractivity contribution in [3.05, 3.63) is 35.3 Å². The molecule has 1 saturated heterocycles. The van der Waals surface area contributed by atoms with Gasteiger partial charge >= 0.3 is 0 Å². The van der Waals surface area contributed by atoms with Crippen LogP contribution in [-0.4, -0.2) is 39.9 Å². The molecule has 0 radical (unpaired) electrons. The molecule has 2 fully saturated rings. The summed E-state index contributed by atoms with van der Waals surface area (Å²) in [7, 11) is 0. The van der Waals surface area contributed by atoms with E-state index in [-0.39, 0.29) is 18.8 Å². The van der Waals surface area contributed by atoms with E-state index in [9.17, 15) is 8.78 Å². The number of halogens is 2. The maximum atomic E-state index is 13.5. The Hall–Kier alpha value is -2.02. The zero-order valence-corrected chi connectivity index (χ0v) is 15.8. The van der Waals surface area contributed by atoms with Crippen molar-refractivity contribution in [1.29, 1.82) is 0 Å². The summed E-state index contributed by atoms with van der Waals surface area (Å²) in [5, 5.41) is 8.02. The molecule has 0 bridgehead atoms. The summed E-state index contributed by atoms with van der Waals surface area (Å²) >= 11 is 0. The third kappa shape index (κ3) is 4.29. The van der Waals surface area contributed by atoms with Gasteiger partial charge in [0.05, 0.1) is 24.9 Å². The molecule has 1 N–H and O–H groups in total. The number of hydrogen-bond donors (Lipinski definition) is 1. The largest absolute Gasteiger partial charge is 0.377 e. The van der Waals surface area contributed by atoms with Gasteiger partial charge in [-0.25, -0.2) is 18.4 Å². The zero-order chi connectivity index (χ0) is 19.0. The molecule has 7 heteroatoms. The van der Waals surface area contributed by atoms with E-state index >= 15 is 0 Å². The van der Waals surface area contributed by atoms with Crippen LogP contribution >= 0.6 is 0 Å². The Morgan fingerprint density at radius 1 is 1.19 bits per heavy atom. The van der Waals surface area contributed by atoms with Crippen LogP contribution < -0.4 is 5.32 Å². The minimum atomic E-state index is -2.49. The molecule has 0 aromatic carbocycles. The van der Waals surface area contributed by atoms with Crippen LogP contribution in [0, 0.1) is 19.8 Å². The number of nitrogens with one attached hydrogen (secondary N) is 1. The van der Waals surface area contributed by atoms with Gasteiger partial charge in [0.25, 0.3) is 0 Å². The van der Waals surface area contributed by atoms with E-state index in [4.69, 9.17) is 9.72 Å². The summed E-state index contributed by atoms with van der Waals surface area (Å²) in [6, 6.07) is 6.36. The molecule has 5 nitrogen and oxygen atoms in total. The second-order valence-electron chi connectivity index (χ2n) is 7.93. The molecule has 0 unspecified atom stereocenters. The second kappa shape index (κ2) is 7.19. The van der Waals surface area contributed by atoms with Crippen molar-refractivity contribution in [1.82, 2.24) is 14.8 Å². The van der Waals surface area contributed by atoms with Gasteiger partial charge in [-0.15, -0.1) is 0 Å². The van der Waals surface area contributed by atoms with Gasteiger partial charge in [-0.05, 0) is 51.2 Å². The van der Waals surface area contributed by atoms with E-state index < -0.39 is 5.92 Å². The van der Waals surface area contributed by atoms with E-state index in [1.54, 1.807) is 0 Å². The quantitative estimate of drug-likeness (QED) is 0.855. The number of anilines is 1. The highest BCUT2D eigenvalue weighted by molar-refractivity contribution is 5.51. The number of ether oxygens (including phenoxy) is 1. The lowest BCUT2D eigenvalue weighted by molar-refractivity contribution is -0.0457. The first-order chi connectivity index (χ1) is 12.9. The fraction of sp³-hybridized carbons (Fsp3) is 0.600. The van der Waals surface area contributed by atoms with Crippen LogP contribution in [0.5, 0.6) is 0 Å². The highest BCUT2D eigenvalue weighted by Crippen LogP contribution is 2.37. The van der Waals surface area contributed by atoms with Gasteiger partial charge in [-0.1, -0.05) is 0 Å². The monoisotopic (exact) mass is 376 g/mol. The Morgan fingerprint density at radius 3 is 2.52 bits per heavy atom. The van der Waals surface area contributed by atoms with Gasteiger partial charge in [0.15, 0.2) is 5.82 Å². The molecule has 2 aliphatic rings. The van der Waals surface area contributed by atoms with Crippen LogP contribution in [0.4, 0.5) is 14.5 Å². The van der Waals surface area contributed by atoms with Crippen LogP contribution in [0.1, 0.15) is 42.8 Å². The SMILES string of the molecule is Cc1cc(C)n(-c2cc(NC3COC3)cc(CC3CCC(F)(F)CC3)n2)n1. The van der Waals surface area contributed by atoms with E-state index in [1.165, 1.54) is 0 Å². The Bertz CT molecular complexity index is 806. The van der Waals surface area contributed by atoms with Crippen molar-refractivity contribution in [2.24, 2.45) is 5.92 Å². The maximum absolute atomic E-state index is 13.5. The lowest BCUT2D eigenvalue weighted by Crippen LogP contribution is -2.40. The van der Waals surface area contributed by atoms with Crippen LogP contribution in [0.25, 0.3) is 5.82 Å². The van der Waals surface area contributed by atoms with Gasteiger partial charge in [-0.3, -0.25) is 0 Å². The molecule has 1 aliphatic heterocycles. The summed E-state index contributed by atoms with van der Waals surface area (Å²) in [6.07, 6.45) is 1.80. The summed E-state index contributed by atoms with van der Waals surface area (Å²) in [4.78, 5) is 4.80. The summed E-state index contributed by atoms with van der Waals surface area (Å²) in [5.41, 5.74) is 3.87. The molecule has 0 spiro atoms. The molecule has 3 heterocycles. The van der Waals surface area contributed by atoms with Crippen LogP contribution in [-0.2, 0) is 11.2 Å². The minimum absolute atomic E-state index is 0.0145. The van der Waals surface area contributed by atoms with Gasteiger partial charge in [0.1, 0.15) is 0 Å². The first kappa shape index (κ1) is 18.3. The number of nitrogens with zero attached hydrogens (tertiary/aromatic N) is 3. The van der Waals surface area contributed by atoms with Crippen LogP contribution in [0.3, 0.4) is 0 Å².